The van der Waals surface area contributed by atoms with Gasteiger partial charge in [-0.3, -0.25) is 9.97 Å². The number of halogens is 2. The minimum atomic E-state index is -0.826. The average Bonchev–Trinajstić information content (AvgIpc) is 3.66. The Balaban J connectivity index is 0.000000155. The van der Waals surface area contributed by atoms with E-state index in [9.17, 15) is 0 Å². The fourth-order valence-corrected chi connectivity index (χ4v) is 5.88. The van der Waals surface area contributed by atoms with Gasteiger partial charge in [-0.15, -0.1) is 69.1 Å². The summed E-state index contributed by atoms with van der Waals surface area (Å²) < 4.78 is 0. The van der Waals surface area contributed by atoms with E-state index in [1.165, 1.54) is 65.7 Å². The predicted molar refractivity (Wildman–Crippen MR) is 199 cm³/mol. The van der Waals surface area contributed by atoms with Crippen molar-refractivity contribution >= 4 is 69.9 Å². The third-order valence-corrected chi connectivity index (χ3v) is 7.64. The molecule has 0 aliphatic heterocycles. The zero-order valence-electron chi connectivity index (χ0n) is 26.4. The van der Waals surface area contributed by atoms with Crippen molar-refractivity contribution in [2.75, 3.05) is 0 Å². The van der Waals surface area contributed by atoms with Crippen LogP contribution in [0.25, 0.3) is 65.6 Å². The quantitative estimate of drug-likeness (QED) is 0.131. The molecule has 0 saturated carbocycles. The van der Waals surface area contributed by atoms with Crippen LogP contribution in [0.5, 0.6) is 0 Å². The Labute approximate surface area is 292 Å². The summed E-state index contributed by atoms with van der Waals surface area (Å²) in [5, 5.41) is 7.59. The summed E-state index contributed by atoms with van der Waals surface area (Å²) in [6, 6.07) is 42.9. The molecule has 0 unspecified atom stereocenters. The van der Waals surface area contributed by atoms with Crippen molar-refractivity contribution in [3.05, 3.63) is 145 Å². The molecule has 6 heteroatoms. The summed E-state index contributed by atoms with van der Waals surface area (Å²) in [6.07, 6.45) is 3.73. The molecule has 0 amide bonds. The topological polar surface area (TPSA) is 25.8 Å². The number of nitrogens with zero attached hydrogens (tertiary/aromatic N) is 2. The molecule has 0 spiro atoms. The zero-order chi connectivity index (χ0) is 32.5. The molecule has 2 aromatic heterocycles. The van der Waals surface area contributed by atoms with E-state index in [4.69, 9.17) is 17.0 Å². The number of fused-ring (bicyclic) bond motifs is 4. The van der Waals surface area contributed by atoms with Crippen LogP contribution in [0.4, 0.5) is 0 Å². The van der Waals surface area contributed by atoms with Gasteiger partial charge in [-0.2, -0.15) is 12.1 Å². The average molecular weight is 733 g/mol. The van der Waals surface area contributed by atoms with Gasteiger partial charge in [-0.05, 0) is 23.3 Å². The normalized spacial score (nSPS) is 10.4. The SMILES string of the molecule is C[Si]C.Cc1cc2c(-c3cccc4cccnc34)cccc2[cH-]1.Cc1cc2c(-c3cccc4cccnc34)cccc2[cH-]1.[Cl][Zr+2][Cl]. The number of aromatic nitrogens is 2. The van der Waals surface area contributed by atoms with Gasteiger partial charge < -0.3 is 0 Å². The van der Waals surface area contributed by atoms with Crippen molar-refractivity contribution in [2.24, 2.45) is 0 Å². The number of aryl methyl sites for hydroxylation is 2. The second kappa shape index (κ2) is 16.4. The number of para-hydroxylation sites is 2. The second-order valence-electron chi connectivity index (χ2n) is 11.0. The van der Waals surface area contributed by atoms with Gasteiger partial charge in [0.25, 0.3) is 0 Å². The van der Waals surface area contributed by atoms with Gasteiger partial charge in [0, 0.05) is 32.7 Å². The number of benzene rings is 4. The summed E-state index contributed by atoms with van der Waals surface area (Å²) in [4.78, 5) is 9.14. The molecular weight excluding hydrogens is 699 g/mol. The van der Waals surface area contributed by atoms with Crippen LogP contribution < -0.4 is 0 Å². The Morgan fingerprint density at radius 1 is 0.543 bits per heavy atom. The molecule has 8 aromatic rings. The molecule has 0 saturated heterocycles. The summed E-state index contributed by atoms with van der Waals surface area (Å²) in [5.74, 6) is 0. The molecule has 2 nitrogen and oxygen atoms in total. The predicted octanol–water partition coefficient (Wildman–Crippen LogP) is 12.3. The van der Waals surface area contributed by atoms with E-state index in [0.717, 1.165) is 20.6 Å². The van der Waals surface area contributed by atoms with E-state index in [2.05, 4.69) is 146 Å². The van der Waals surface area contributed by atoms with Crippen molar-refractivity contribution in [3.63, 3.8) is 0 Å². The van der Waals surface area contributed by atoms with Crippen molar-refractivity contribution in [1.82, 2.24) is 9.97 Å². The summed E-state index contributed by atoms with van der Waals surface area (Å²) in [7, 11) is 11.0. The third kappa shape index (κ3) is 7.76. The summed E-state index contributed by atoms with van der Waals surface area (Å²) >= 11 is -0.826. The van der Waals surface area contributed by atoms with Crippen LogP contribution in [0.15, 0.2) is 134 Å². The number of hydrogen-bond donors (Lipinski definition) is 0. The van der Waals surface area contributed by atoms with Gasteiger partial charge in [0.2, 0.25) is 0 Å². The third-order valence-electron chi connectivity index (χ3n) is 7.64. The maximum atomic E-state index is 4.93. The fraction of sp³-hybridized carbons (Fsp3) is 0.100. The Kier molecular flexibility index (Phi) is 12.1. The van der Waals surface area contributed by atoms with E-state index < -0.39 is 20.8 Å². The minimum absolute atomic E-state index is 0.826. The molecule has 6 aromatic carbocycles. The second-order valence-corrected chi connectivity index (χ2v) is 15.7. The molecule has 0 N–H and O–H groups in total. The number of pyridine rings is 2. The Hall–Kier alpha value is -3.40. The molecule has 46 heavy (non-hydrogen) atoms. The fourth-order valence-electron chi connectivity index (χ4n) is 5.88. The van der Waals surface area contributed by atoms with Gasteiger partial charge in [0.1, 0.15) is 0 Å². The van der Waals surface area contributed by atoms with E-state index in [-0.39, 0.29) is 0 Å². The molecular formula is C40H34Cl2N2SiZr. The Bertz CT molecular complexity index is 2030. The molecule has 0 fully saturated rings. The summed E-state index contributed by atoms with van der Waals surface area (Å²) in [6.45, 7) is 8.59. The summed E-state index contributed by atoms with van der Waals surface area (Å²) in [5.41, 5.74) is 9.70. The van der Waals surface area contributed by atoms with Crippen LogP contribution in [0.3, 0.4) is 0 Å². The first kappa shape index (κ1) is 33.9. The van der Waals surface area contributed by atoms with E-state index in [1.54, 1.807) is 0 Å². The molecule has 226 valence electrons. The number of hydrogen-bond acceptors (Lipinski definition) is 2. The van der Waals surface area contributed by atoms with Gasteiger partial charge in [-0.1, -0.05) is 98.7 Å². The Morgan fingerprint density at radius 3 is 1.30 bits per heavy atom. The van der Waals surface area contributed by atoms with Gasteiger partial charge in [0.15, 0.2) is 0 Å². The zero-order valence-corrected chi connectivity index (χ0v) is 31.3. The molecule has 8 rings (SSSR count). The van der Waals surface area contributed by atoms with E-state index in [1.807, 2.05) is 24.5 Å². The first-order valence-electron chi connectivity index (χ1n) is 15.0. The van der Waals surface area contributed by atoms with Gasteiger partial charge in [-0.25, -0.2) is 0 Å². The first-order valence-corrected chi connectivity index (χ1v) is 23.4. The van der Waals surface area contributed by atoms with Crippen LogP contribution in [0.2, 0.25) is 13.1 Å². The van der Waals surface area contributed by atoms with Gasteiger partial charge >= 0.3 is 37.9 Å². The van der Waals surface area contributed by atoms with Crippen LogP contribution in [-0.4, -0.2) is 19.5 Å². The maximum absolute atomic E-state index is 4.93. The van der Waals surface area contributed by atoms with Crippen molar-refractivity contribution in [2.45, 2.75) is 26.9 Å². The van der Waals surface area contributed by atoms with Crippen LogP contribution in [0.1, 0.15) is 11.1 Å². The molecule has 0 bridgehead atoms. The van der Waals surface area contributed by atoms with Crippen molar-refractivity contribution in [1.29, 1.82) is 0 Å². The van der Waals surface area contributed by atoms with E-state index >= 15 is 0 Å². The monoisotopic (exact) mass is 730 g/mol. The van der Waals surface area contributed by atoms with Crippen molar-refractivity contribution < 1.29 is 20.8 Å². The molecule has 0 aliphatic rings. The first-order chi connectivity index (χ1) is 22.5. The van der Waals surface area contributed by atoms with Crippen LogP contribution >= 0.6 is 17.0 Å². The van der Waals surface area contributed by atoms with Crippen molar-refractivity contribution in [3.8, 4) is 22.3 Å². The molecule has 0 atom stereocenters. The molecule has 2 heterocycles. The standard InChI is InChI=1S/2C19H14N.C2H6Si.2ClH.Zr/c2*1-13-11-15-6-3-8-16(18(15)12-13)17-9-2-5-14-7-4-10-20-19(14)17;1-3-2;;;/h2*2-12H,1H3;1-2H3;2*1H;/q2*-1;;;;+4/p-2. The van der Waals surface area contributed by atoms with E-state index in [0.29, 0.717) is 0 Å². The Morgan fingerprint density at radius 2 is 0.891 bits per heavy atom. The molecule has 2 radical (unpaired) electrons. The molecule has 0 aliphatic carbocycles. The van der Waals surface area contributed by atoms with Crippen LogP contribution in [0, 0.1) is 13.8 Å². The van der Waals surface area contributed by atoms with Crippen LogP contribution in [-0.2, 0) is 20.8 Å². The number of rotatable bonds is 2. The van der Waals surface area contributed by atoms with Gasteiger partial charge in [0.05, 0.1) is 11.0 Å².